The molecule has 2 heterocycles. The lowest BCUT2D eigenvalue weighted by molar-refractivity contribution is 0.0956. The Hall–Kier alpha value is -1.51. The fourth-order valence-corrected chi connectivity index (χ4v) is 2.39. The maximum absolute atomic E-state index is 11.7. The third-order valence-electron chi connectivity index (χ3n) is 3.08. The molecule has 72 valence electrons. The number of rotatable bonds is 0. The van der Waals surface area contributed by atoms with Gasteiger partial charge in [0.05, 0.1) is 0 Å². The molecule has 3 heteroatoms. The number of benzene rings is 1. The van der Waals surface area contributed by atoms with E-state index < -0.39 is 0 Å². The smallest absolute Gasteiger partial charge is 0.251 e. The van der Waals surface area contributed by atoms with E-state index in [2.05, 4.69) is 16.7 Å². The normalized spacial score (nSPS) is 23.4. The second-order valence-corrected chi connectivity index (χ2v) is 3.89. The van der Waals surface area contributed by atoms with Crippen LogP contribution in [-0.4, -0.2) is 19.0 Å². The van der Waals surface area contributed by atoms with Crippen molar-refractivity contribution in [3.05, 3.63) is 29.3 Å². The third-order valence-corrected chi connectivity index (χ3v) is 3.08. The van der Waals surface area contributed by atoms with Crippen molar-refractivity contribution in [1.82, 2.24) is 5.32 Å². The highest BCUT2D eigenvalue weighted by Gasteiger charge is 2.29. The lowest BCUT2D eigenvalue weighted by Crippen LogP contribution is -2.23. The Morgan fingerprint density at radius 1 is 1.29 bits per heavy atom. The summed E-state index contributed by atoms with van der Waals surface area (Å²) in [5.74, 6) is 0.591. The van der Waals surface area contributed by atoms with Gasteiger partial charge in [-0.25, -0.2) is 0 Å². The zero-order chi connectivity index (χ0) is 9.54. The summed E-state index contributed by atoms with van der Waals surface area (Å²) in [5, 5.41) is 6.28. The molecule has 0 radical (unpaired) electrons. The van der Waals surface area contributed by atoms with Crippen LogP contribution in [0, 0.1) is 0 Å². The van der Waals surface area contributed by atoms with Gasteiger partial charge in [0.25, 0.3) is 5.91 Å². The Bertz CT molecular complexity index is 400. The van der Waals surface area contributed by atoms with Crippen LogP contribution >= 0.6 is 0 Å². The van der Waals surface area contributed by atoms with Gasteiger partial charge in [0.2, 0.25) is 0 Å². The van der Waals surface area contributed by atoms with Gasteiger partial charge in [-0.1, -0.05) is 6.07 Å². The Labute approximate surface area is 82.5 Å². The molecule has 2 aliphatic heterocycles. The van der Waals surface area contributed by atoms with Crippen LogP contribution < -0.4 is 10.6 Å². The molecular weight excluding hydrogens is 176 g/mol. The summed E-state index contributed by atoms with van der Waals surface area (Å²) in [6.45, 7) is 1.76. The Kier molecular flexibility index (Phi) is 1.54. The van der Waals surface area contributed by atoms with Crippen LogP contribution in [0.5, 0.6) is 0 Å². The zero-order valence-electron chi connectivity index (χ0n) is 7.84. The number of carbonyl (C=O) groups excluding carboxylic acids is 1. The Morgan fingerprint density at radius 3 is 3.14 bits per heavy atom. The molecule has 2 N–H and O–H groups in total. The number of nitrogens with one attached hydrogen (secondary N) is 2. The van der Waals surface area contributed by atoms with Crippen molar-refractivity contribution < 1.29 is 4.79 Å². The molecule has 3 rings (SSSR count). The summed E-state index contributed by atoms with van der Waals surface area (Å²) in [6.07, 6.45) is 1.04. The molecule has 1 amide bonds. The molecule has 1 aromatic rings. The molecule has 1 aromatic carbocycles. The first kappa shape index (κ1) is 7.85. The second kappa shape index (κ2) is 2.74. The monoisotopic (exact) mass is 188 g/mol. The minimum atomic E-state index is 0.0769. The number of amides is 1. The first-order valence-electron chi connectivity index (χ1n) is 5.01. The van der Waals surface area contributed by atoms with Crippen molar-refractivity contribution >= 4 is 11.6 Å². The highest BCUT2D eigenvalue weighted by atomic mass is 16.1. The van der Waals surface area contributed by atoms with Crippen LogP contribution in [-0.2, 0) is 0 Å². The summed E-state index contributed by atoms with van der Waals surface area (Å²) >= 11 is 0. The number of hydrogen-bond donors (Lipinski definition) is 2. The molecule has 0 aromatic heterocycles. The minimum Gasteiger partial charge on any atom is -0.384 e. The van der Waals surface area contributed by atoms with Crippen molar-refractivity contribution in [3.8, 4) is 0 Å². The lowest BCUT2D eigenvalue weighted by atomic mass is 9.94. The van der Waals surface area contributed by atoms with Crippen molar-refractivity contribution in [2.75, 3.05) is 18.4 Å². The van der Waals surface area contributed by atoms with Crippen LogP contribution in [0.1, 0.15) is 28.3 Å². The van der Waals surface area contributed by atoms with Crippen LogP contribution in [0.4, 0.5) is 5.69 Å². The fraction of sp³-hybridized carbons (Fsp3) is 0.364. The molecule has 0 fully saturated rings. The summed E-state index contributed by atoms with van der Waals surface area (Å²) in [5.41, 5.74) is 3.22. The molecule has 14 heavy (non-hydrogen) atoms. The first-order valence-corrected chi connectivity index (χ1v) is 5.01. The van der Waals surface area contributed by atoms with E-state index in [9.17, 15) is 4.79 Å². The standard InChI is InChI=1S/C11H12N2O/c14-11-8-2-1-3-9-10(8)7(6-13-9)4-5-12-11/h1-3,7,13H,4-6H2,(H,12,14). The van der Waals surface area contributed by atoms with E-state index in [0.29, 0.717) is 5.92 Å². The molecule has 0 saturated heterocycles. The molecule has 3 nitrogen and oxygen atoms in total. The van der Waals surface area contributed by atoms with Gasteiger partial charge in [-0.05, 0) is 24.1 Å². The minimum absolute atomic E-state index is 0.0769. The SMILES string of the molecule is O=C1NCCC2CNc3cccc1c32. The molecular formula is C11H12N2O. The van der Waals surface area contributed by atoms with E-state index in [0.717, 1.165) is 30.8 Å². The molecule has 0 aliphatic carbocycles. The molecule has 2 aliphatic rings. The topological polar surface area (TPSA) is 41.1 Å². The second-order valence-electron chi connectivity index (χ2n) is 3.89. The Morgan fingerprint density at radius 2 is 2.21 bits per heavy atom. The summed E-state index contributed by atoms with van der Waals surface area (Å²) in [4.78, 5) is 11.7. The van der Waals surface area contributed by atoms with Gasteiger partial charge < -0.3 is 10.6 Å². The number of anilines is 1. The van der Waals surface area contributed by atoms with Crippen molar-refractivity contribution in [3.63, 3.8) is 0 Å². The van der Waals surface area contributed by atoms with E-state index >= 15 is 0 Å². The highest BCUT2D eigenvalue weighted by Crippen LogP contribution is 2.37. The van der Waals surface area contributed by atoms with Gasteiger partial charge >= 0.3 is 0 Å². The van der Waals surface area contributed by atoms with Gasteiger partial charge in [-0.15, -0.1) is 0 Å². The molecule has 1 unspecified atom stereocenters. The van der Waals surface area contributed by atoms with E-state index in [1.165, 1.54) is 5.56 Å². The Balaban J connectivity index is 2.23. The van der Waals surface area contributed by atoms with E-state index in [1.807, 2.05) is 12.1 Å². The molecule has 1 atom stereocenters. The molecule has 0 bridgehead atoms. The number of carbonyl (C=O) groups is 1. The predicted octanol–water partition coefficient (Wildman–Crippen LogP) is 1.33. The van der Waals surface area contributed by atoms with E-state index in [-0.39, 0.29) is 5.91 Å². The summed E-state index contributed by atoms with van der Waals surface area (Å²) in [6, 6.07) is 5.91. The molecule has 0 saturated carbocycles. The average Bonchev–Trinajstić information content (AvgIpc) is 2.53. The maximum Gasteiger partial charge on any atom is 0.251 e. The van der Waals surface area contributed by atoms with Crippen LogP contribution in [0.25, 0.3) is 0 Å². The van der Waals surface area contributed by atoms with Crippen LogP contribution in [0.2, 0.25) is 0 Å². The first-order chi connectivity index (χ1) is 6.86. The highest BCUT2D eigenvalue weighted by molar-refractivity contribution is 5.98. The summed E-state index contributed by atoms with van der Waals surface area (Å²) < 4.78 is 0. The van der Waals surface area contributed by atoms with Gasteiger partial charge in [0.15, 0.2) is 0 Å². The van der Waals surface area contributed by atoms with Crippen LogP contribution in [0.3, 0.4) is 0 Å². The molecule has 0 spiro atoms. The summed E-state index contributed by atoms with van der Waals surface area (Å²) in [7, 11) is 0. The fourth-order valence-electron chi connectivity index (χ4n) is 2.39. The maximum atomic E-state index is 11.7. The van der Waals surface area contributed by atoms with E-state index in [1.54, 1.807) is 0 Å². The predicted molar refractivity (Wildman–Crippen MR) is 54.6 cm³/mol. The average molecular weight is 188 g/mol. The van der Waals surface area contributed by atoms with Crippen molar-refractivity contribution in [1.29, 1.82) is 0 Å². The van der Waals surface area contributed by atoms with Crippen molar-refractivity contribution in [2.45, 2.75) is 12.3 Å². The van der Waals surface area contributed by atoms with Gasteiger partial charge in [0.1, 0.15) is 0 Å². The quantitative estimate of drug-likeness (QED) is 0.645. The van der Waals surface area contributed by atoms with Crippen molar-refractivity contribution in [2.24, 2.45) is 0 Å². The third kappa shape index (κ3) is 0.953. The van der Waals surface area contributed by atoms with E-state index in [4.69, 9.17) is 0 Å². The van der Waals surface area contributed by atoms with Crippen LogP contribution in [0.15, 0.2) is 18.2 Å². The largest absolute Gasteiger partial charge is 0.384 e. The lowest BCUT2D eigenvalue weighted by Gasteiger charge is -2.06. The van der Waals surface area contributed by atoms with Gasteiger partial charge in [0, 0.05) is 30.3 Å². The zero-order valence-corrected chi connectivity index (χ0v) is 7.84. The van der Waals surface area contributed by atoms with Gasteiger partial charge in [-0.2, -0.15) is 0 Å². The number of hydrogen-bond acceptors (Lipinski definition) is 2. The van der Waals surface area contributed by atoms with Gasteiger partial charge in [-0.3, -0.25) is 4.79 Å².